The molecule has 480 valence electrons. The van der Waals surface area contributed by atoms with Gasteiger partial charge >= 0.3 is 0 Å². The third kappa shape index (κ3) is 97.2. The highest BCUT2D eigenvalue weighted by Gasteiger charge is 2.01. The molecule has 4 N–H and O–H groups in total. The molecule has 0 unspecified atom stereocenters. The Morgan fingerprint density at radius 3 is 0.342 bits per heavy atom. The van der Waals surface area contributed by atoms with E-state index in [4.69, 9.17) is 17.5 Å². The molecule has 0 saturated carbocycles. The van der Waals surface area contributed by atoms with Crippen LogP contribution in [0.5, 0.6) is 0 Å². The van der Waals surface area contributed by atoms with Crippen LogP contribution in [0.1, 0.15) is 439 Å². The topological polar surface area (TPSA) is 113 Å². The second-order valence-electron chi connectivity index (χ2n) is 25.4. The van der Waals surface area contributed by atoms with Gasteiger partial charge in [0.15, 0.2) is 0 Å². The van der Waals surface area contributed by atoms with E-state index in [2.05, 4.69) is 38.3 Å². The summed E-state index contributed by atoms with van der Waals surface area (Å²) in [7, 11) is -5.17. The van der Waals surface area contributed by atoms with E-state index in [-0.39, 0.29) is 0 Å². The molecule has 0 saturated heterocycles. The van der Waals surface area contributed by atoms with E-state index < -0.39 is 10.4 Å². The molecule has 6 nitrogen and oxygen atoms in total. The Balaban J connectivity index is -0.00000134. The van der Waals surface area contributed by atoms with Gasteiger partial charge in [0, 0.05) is 10.4 Å². The standard InChI is InChI=1S/2C36H75N.H2O4S/c2*1-3-5-7-9-11-13-15-17-19-21-23-25-27-29-31-33-35-37-36-34-32-30-28-26-24-22-20-18-16-14-12-10-8-6-4-2;1-5(2,3)4/h2*37H,3-36H2,1-2H3;(H2,1,2,3,4). The van der Waals surface area contributed by atoms with Crippen molar-refractivity contribution in [3.8, 4) is 0 Å². The minimum absolute atomic E-state index is 1.37. The normalized spacial score (nSPS) is 11.5. The van der Waals surface area contributed by atoms with Crippen molar-refractivity contribution in [2.45, 2.75) is 439 Å². The summed E-state index contributed by atoms with van der Waals surface area (Å²) in [5.41, 5.74) is 0. The highest BCUT2D eigenvalue weighted by molar-refractivity contribution is 7.79. The summed E-state index contributed by atoms with van der Waals surface area (Å²) in [6.07, 6.45) is 94.1. The van der Waals surface area contributed by atoms with E-state index in [9.17, 15) is 0 Å². The van der Waals surface area contributed by atoms with Gasteiger partial charge in [-0.15, -0.1) is 0 Å². The molecular formula is C72H152N2O4S. The lowest BCUT2D eigenvalue weighted by Crippen LogP contribution is -2.84. The molecule has 0 aromatic heterocycles. The first-order valence-corrected chi connectivity index (χ1v) is 38.5. The summed E-state index contributed by atoms with van der Waals surface area (Å²) in [5, 5.41) is 5.18. The van der Waals surface area contributed by atoms with E-state index in [0.717, 1.165) is 0 Å². The van der Waals surface area contributed by atoms with Crippen LogP contribution in [0.2, 0.25) is 0 Å². The molecule has 7 heteroatoms. The molecule has 0 heterocycles. The second-order valence-corrected chi connectivity index (χ2v) is 26.2. The van der Waals surface area contributed by atoms with Crippen molar-refractivity contribution >= 4 is 10.4 Å². The maximum absolute atomic E-state index is 8.52. The molecule has 0 rings (SSSR count). The number of nitrogens with two attached hydrogens (primary N) is 2. The second kappa shape index (κ2) is 79.9. The molecule has 0 amide bonds. The smallest absolute Gasteiger partial charge is 0.0755 e. The summed E-state index contributed by atoms with van der Waals surface area (Å²) >= 11 is 0. The number of rotatable bonds is 68. The van der Waals surface area contributed by atoms with Crippen LogP contribution in [0.3, 0.4) is 0 Å². The van der Waals surface area contributed by atoms with Crippen LogP contribution < -0.4 is 10.6 Å². The first-order chi connectivity index (χ1) is 38.8. The van der Waals surface area contributed by atoms with Crippen molar-refractivity contribution in [3.05, 3.63) is 0 Å². The van der Waals surface area contributed by atoms with E-state index in [0.29, 0.717) is 0 Å². The Labute approximate surface area is 500 Å². The zero-order valence-corrected chi connectivity index (χ0v) is 56.1. The highest BCUT2D eigenvalue weighted by atomic mass is 32.3. The van der Waals surface area contributed by atoms with Crippen LogP contribution >= 0.6 is 0 Å². The molecule has 0 atom stereocenters. The van der Waals surface area contributed by atoms with Crippen LogP contribution in [0.4, 0.5) is 0 Å². The molecule has 0 aliphatic rings. The molecule has 0 aromatic rings. The van der Waals surface area contributed by atoms with Gasteiger partial charge < -0.3 is 19.7 Å². The third-order valence-corrected chi connectivity index (χ3v) is 17.0. The molecule has 0 fully saturated rings. The van der Waals surface area contributed by atoms with E-state index in [1.807, 2.05) is 0 Å². The van der Waals surface area contributed by atoms with Gasteiger partial charge in [-0.2, -0.15) is 0 Å². The van der Waals surface area contributed by atoms with Crippen molar-refractivity contribution in [2.24, 2.45) is 0 Å². The summed E-state index contributed by atoms with van der Waals surface area (Å²) in [4.78, 5) is 0. The number of quaternary nitrogens is 2. The van der Waals surface area contributed by atoms with E-state index in [1.165, 1.54) is 437 Å². The maximum Gasteiger partial charge on any atom is 0.0755 e. The predicted octanol–water partition coefficient (Wildman–Crippen LogP) is 22.8. The van der Waals surface area contributed by atoms with Crippen LogP contribution in [-0.2, 0) is 10.4 Å². The molecule has 0 spiro atoms. The molecule has 0 aromatic carbocycles. The fourth-order valence-electron chi connectivity index (χ4n) is 11.6. The molecule has 0 radical (unpaired) electrons. The first-order valence-electron chi connectivity index (χ1n) is 37.1. The van der Waals surface area contributed by atoms with E-state index in [1.54, 1.807) is 0 Å². The van der Waals surface area contributed by atoms with Gasteiger partial charge in [-0.25, -0.2) is 0 Å². The van der Waals surface area contributed by atoms with Gasteiger partial charge in [0.25, 0.3) is 0 Å². The highest BCUT2D eigenvalue weighted by Crippen LogP contribution is 2.18. The van der Waals surface area contributed by atoms with Crippen molar-refractivity contribution < 1.29 is 28.2 Å². The molecule has 0 bridgehead atoms. The van der Waals surface area contributed by atoms with Crippen molar-refractivity contribution in [1.29, 1.82) is 0 Å². The predicted molar refractivity (Wildman–Crippen MR) is 352 cm³/mol. The molecule has 79 heavy (non-hydrogen) atoms. The molecule has 0 aliphatic heterocycles. The van der Waals surface area contributed by atoms with Gasteiger partial charge in [-0.3, -0.25) is 8.42 Å². The summed E-state index contributed by atoms with van der Waals surface area (Å²) in [6, 6.07) is 0. The van der Waals surface area contributed by atoms with E-state index >= 15 is 0 Å². The quantitative estimate of drug-likeness (QED) is 0.0359. The Hall–Kier alpha value is -0.210. The summed E-state index contributed by atoms with van der Waals surface area (Å²) in [6.45, 7) is 14.7. The monoisotopic (exact) mass is 1140 g/mol. The van der Waals surface area contributed by atoms with Crippen molar-refractivity contribution in [1.82, 2.24) is 0 Å². The average molecular weight is 1140 g/mol. The number of hydrogen-bond donors (Lipinski definition) is 2. The van der Waals surface area contributed by atoms with Gasteiger partial charge in [-0.05, 0) is 51.4 Å². The first kappa shape index (κ1) is 83.0. The minimum atomic E-state index is -5.17. The van der Waals surface area contributed by atoms with Crippen molar-refractivity contribution in [3.63, 3.8) is 0 Å². The third-order valence-electron chi connectivity index (χ3n) is 17.0. The maximum atomic E-state index is 8.52. The SMILES string of the molecule is CCCCCCCCCCCCCCCCCC[NH2+]CCCCCCCCCCCCCCCCCC.CCCCCCCCCCCCCCCCCC[NH2+]CCCCCCCCCCCCCCCCCC.O=S(=O)([O-])[O-]. The Kier molecular flexibility index (Phi) is 83.9. The van der Waals surface area contributed by atoms with Crippen LogP contribution in [0, 0.1) is 0 Å². The fourth-order valence-corrected chi connectivity index (χ4v) is 11.6. The summed E-state index contributed by atoms with van der Waals surface area (Å²) < 4.78 is 34.1. The van der Waals surface area contributed by atoms with Crippen LogP contribution in [0.15, 0.2) is 0 Å². The van der Waals surface area contributed by atoms with Gasteiger partial charge in [0.2, 0.25) is 0 Å². The summed E-state index contributed by atoms with van der Waals surface area (Å²) in [5.74, 6) is 0. The lowest BCUT2D eigenvalue weighted by molar-refractivity contribution is -0.655. The van der Waals surface area contributed by atoms with Crippen molar-refractivity contribution in [2.75, 3.05) is 26.2 Å². The number of hydrogen-bond acceptors (Lipinski definition) is 4. The Bertz CT molecular complexity index is 961. The lowest BCUT2D eigenvalue weighted by atomic mass is 10.0. The van der Waals surface area contributed by atoms with Crippen LogP contribution in [-0.4, -0.2) is 43.7 Å². The zero-order chi connectivity index (χ0) is 58.0. The van der Waals surface area contributed by atoms with Crippen LogP contribution in [0.25, 0.3) is 0 Å². The minimum Gasteiger partial charge on any atom is -0.759 e. The molecule has 0 aliphatic carbocycles. The van der Waals surface area contributed by atoms with Gasteiger partial charge in [-0.1, -0.05) is 387 Å². The zero-order valence-electron chi connectivity index (χ0n) is 55.3. The Morgan fingerprint density at radius 1 is 0.177 bits per heavy atom. The molecular weight excluding hydrogens is 989 g/mol. The fraction of sp³-hybridized carbons (Fsp3) is 1.00. The average Bonchev–Trinajstić information content (AvgIpc) is 3.43. The Morgan fingerprint density at radius 2 is 0.253 bits per heavy atom. The van der Waals surface area contributed by atoms with Gasteiger partial charge in [0.05, 0.1) is 26.2 Å². The lowest BCUT2D eigenvalue weighted by Gasteiger charge is -2.06. The largest absolute Gasteiger partial charge is 0.759 e. The van der Waals surface area contributed by atoms with Gasteiger partial charge in [0.1, 0.15) is 0 Å². The number of unbranched alkanes of at least 4 members (excludes halogenated alkanes) is 60.